The van der Waals surface area contributed by atoms with E-state index < -0.39 is 0 Å². The molecular formula is C21H16Cl2O3. The summed E-state index contributed by atoms with van der Waals surface area (Å²) in [4.78, 5) is 12.2. The van der Waals surface area contributed by atoms with Crippen LogP contribution in [0.4, 0.5) is 0 Å². The summed E-state index contributed by atoms with van der Waals surface area (Å²) in [5, 5.41) is 0.798. The van der Waals surface area contributed by atoms with Crippen molar-refractivity contribution in [3.05, 3.63) is 93.4 Å². The number of ketones is 1. The highest BCUT2D eigenvalue weighted by atomic mass is 35.5. The Morgan fingerprint density at radius 1 is 1.12 bits per heavy atom. The highest BCUT2D eigenvalue weighted by Gasteiger charge is 2.08. The Morgan fingerprint density at radius 2 is 1.92 bits per heavy atom. The molecule has 0 N–H and O–H groups in total. The van der Waals surface area contributed by atoms with Gasteiger partial charge >= 0.3 is 0 Å². The number of hydrogen-bond donors (Lipinski definition) is 0. The van der Waals surface area contributed by atoms with Crippen LogP contribution >= 0.6 is 23.2 Å². The highest BCUT2D eigenvalue weighted by molar-refractivity contribution is 6.42. The van der Waals surface area contributed by atoms with Gasteiger partial charge in [0.2, 0.25) is 0 Å². The van der Waals surface area contributed by atoms with Crippen molar-refractivity contribution in [2.24, 2.45) is 0 Å². The van der Waals surface area contributed by atoms with Crippen LogP contribution in [0.25, 0.3) is 6.08 Å². The lowest BCUT2D eigenvalue weighted by Gasteiger charge is -2.06. The monoisotopic (exact) mass is 386 g/mol. The minimum atomic E-state index is -0.0754. The largest absolute Gasteiger partial charge is 0.484 e. The van der Waals surface area contributed by atoms with E-state index >= 15 is 0 Å². The maximum absolute atomic E-state index is 12.2. The molecule has 132 valence electrons. The molecule has 5 heteroatoms. The van der Waals surface area contributed by atoms with Gasteiger partial charge < -0.3 is 9.15 Å². The first-order valence-corrected chi connectivity index (χ1v) is 8.73. The van der Waals surface area contributed by atoms with Crippen LogP contribution in [0.1, 0.15) is 27.4 Å². The van der Waals surface area contributed by atoms with Crippen molar-refractivity contribution in [3.8, 4) is 5.75 Å². The topological polar surface area (TPSA) is 39.4 Å². The number of benzene rings is 2. The van der Waals surface area contributed by atoms with E-state index in [2.05, 4.69) is 0 Å². The van der Waals surface area contributed by atoms with Crippen LogP contribution in [0.3, 0.4) is 0 Å². The van der Waals surface area contributed by atoms with Gasteiger partial charge in [0.25, 0.3) is 0 Å². The average molecular weight is 387 g/mol. The molecule has 3 rings (SSSR count). The van der Waals surface area contributed by atoms with Crippen LogP contribution in [0.2, 0.25) is 10.0 Å². The van der Waals surface area contributed by atoms with Crippen molar-refractivity contribution in [2.45, 2.75) is 13.5 Å². The van der Waals surface area contributed by atoms with Gasteiger partial charge in [0, 0.05) is 5.56 Å². The Bertz CT molecular complexity index is 957. The molecule has 0 unspecified atom stereocenters. The molecule has 2 aromatic carbocycles. The summed E-state index contributed by atoms with van der Waals surface area (Å²) < 4.78 is 11.3. The van der Waals surface area contributed by atoms with Crippen LogP contribution in [-0.2, 0) is 6.61 Å². The van der Waals surface area contributed by atoms with Gasteiger partial charge in [-0.15, -0.1) is 0 Å². The third kappa shape index (κ3) is 4.57. The number of furan rings is 1. The molecule has 3 aromatic rings. The normalized spacial score (nSPS) is 11.0. The first-order chi connectivity index (χ1) is 12.5. The molecule has 0 saturated carbocycles. The summed E-state index contributed by atoms with van der Waals surface area (Å²) in [6.45, 7) is 2.16. The first kappa shape index (κ1) is 18.3. The molecule has 0 aliphatic rings. The van der Waals surface area contributed by atoms with Crippen LogP contribution in [-0.4, -0.2) is 5.78 Å². The van der Waals surface area contributed by atoms with Crippen molar-refractivity contribution in [1.82, 2.24) is 0 Å². The molecule has 0 saturated heterocycles. The quantitative estimate of drug-likeness (QED) is 0.364. The third-order valence-corrected chi connectivity index (χ3v) is 4.47. The molecule has 0 aliphatic carbocycles. The van der Waals surface area contributed by atoms with Crippen LogP contribution in [0, 0.1) is 6.92 Å². The number of halogens is 2. The fourth-order valence-electron chi connectivity index (χ4n) is 2.36. The fraction of sp³-hybridized carbons (Fsp3) is 0.0952. The van der Waals surface area contributed by atoms with Gasteiger partial charge in [0.1, 0.15) is 28.9 Å². The Balaban J connectivity index is 1.62. The van der Waals surface area contributed by atoms with E-state index in [0.717, 1.165) is 5.56 Å². The summed E-state index contributed by atoms with van der Waals surface area (Å²) in [6, 6.07) is 16.2. The number of rotatable bonds is 6. The molecule has 0 atom stereocenters. The second-order valence-electron chi connectivity index (χ2n) is 5.71. The number of carbonyl (C=O) groups excluding carboxylic acids is 1. The Labute approximate surface area is 161 Å². The number of allylic oxidation sites excluding steroid dienone is 1. The van der Waals surface area contributed by atoms with Crippen molar-refractivity contribution >= 4 is 35.1 Å². The lowest BCUT2D eigenvalue weighted by Crippen LogP contribution is -1.94. The highest BCUT2D eigenvalue weighted by Crippen LogP contribution is 2.32. The summed E-state index contributed by atoms with van der Waals surface area (Å²) >= 11 is 12.0. The van der Waals surface area contributed by atoms with Gasteiger partial charge in [0.05, 0.1) is 5.02 Å². The second-order valence-corrected chi connectivity index (χ2v) is 6.50. The van der Waals surface area contributed by atoms with Gasteiger partial charge in [0.15, 0.2) is 5.78 Å². The van der Waals surface area contributed by atoms with Crippen LogP contribution < -0.4 is 4.74 Å². The first-order valence-electron chi connectivity index (χ1n) is 7.97. The molecule has 0 fully saturated rings. The van der Waals surface area contributed by atoms with Gasteiger partial charge in [-0.25, -0.2) is 0 Å². The van der Waals surface area contributed by atoms with Crippen LogP contribution in [0.5, 0.6) is 5.75 Å². The molecule has 0 aliphatic heterocycles. The van der Waals surface area contributed by atoms with Gasteiger partial charge in [-0.2, -0.15) is 0 Å². The lowest BCUT2D eigenvalue weighted by molar-refractivity contribution is 0.104. The zero-order chi connectivity index (χ0) is 18.5. The average Bonchev–Trinajstić information content (AvgIpc) is 3.09. The zero-order valence-electron chi connectivity index (χ0n) is 14.0. The van der Waals surface area contributed by atoms with Gasteiger partial charge in [-0.3, -0.25) is 4.79 Å². The molecule has 1 heterocycles. The molecule has 0 spiro atoms. The number of hydrogen-bond acceptors (Lipinski definition) is 3. The number of ether oxygens (including phenoxy) is 1. The number of carbonyl (C=O) groups is 1. The Kier molecular flexibility index (Phi) is 5.82. The van der Waals surface area contributed by atoms with Crippen molar-refractivity contribution < 1.29 is 13.9 Å². The van der Waals surface area contributed by atoms with E-state index in [4.69, 9.17) is 32.4 Å². The molecular weight excluding hydrogens is 371 g/mol. The second kappa shape index (κ2) is 8.26. The summed E-state index contributed by atoms with van der Waals surface area (Å²) in [7, 11) is 0. The number of aryl methyl sites for hydroxylation is 1. The molecule has 0 amide bonds. The third-order valence-electron chi connectivity index (χ3n) is 3.67. The summed E-state index contributed by atoms with van der Waals surface area (Å²) in [5.41, 5.74) is 1.69. The minimum Gasteiger partial charge on any atom is -0.484 e. The van der Waals surface area contributed by atoms with Crippen molar-refractivity contribution in [2.75, 3.05) is 0 Å². The van der Waals surface area contributed by atoms with Crippen molar-refractivity contribution in [1.29, 1.82) is 0 Å². The standard InChI is InChI=1S/C21H16Cl2O3/c1-14-4-2-5-15(12-14)19(24)11-10-16-8-9-17(26-16)13-25-20-7-3-6-18(22)21(20)23/h2-12H,13H2,1H3/b11-10+. The predicted molar refractivity (Wildman–Crippen MR) is 104 cm³/mol. The maximum Gasteiger partial charge on any atom is 0.185 e. The lowest BCUT2D eigenvalue weighted by atomic mass is 10.1. The fourth-order valence-corrected chi connectivity index (χ4v) is 2.70. The zero-order valence-corrected chi connectivity index (χ0v) is 15.6. The SMILES string of the molecule is Cc1cccc(C(=O)/C=C/c2ccc(COc3cccc(Cl)c3Cl)o2)c1. The molecule has 26 heavy (non-hydrogen) atoms. The molecule has 0 radical (unpaired) electrons. The van der Waals surface area contributed by atoms with Gasteiger partial charge in [-0.1, -0.05) is 53.0 Å². The predicted octanol–water partition coefficient (Wildman–Crippen LogP) is 6.37. The summed E-state index contributed by atoms with van der Waals surface area (Å²) in [5.74, 6) is 1.60. The molecule has 1 aromatic heterocycles. The van der Waals surface area contributed by atoms with E-state index in [-0.39, 0.29) is 12.4 Å². The van der Waals surface area contributed by atoms with E-state index in [0.29, 0.717) is 32.9 Å². The van der Waals surface area contributed by atoms with Gasteiger partial charge in [-0.05, 0) is 49.4 Å². The van der Waals surface area contributed by atoms with Crippen LogP contribution in [0.15, 0.2) is 65.1 Å². The minimum absolute atomic E-state index is 0.0754. The van der Waals surface area contributed by atoms with E-state index in [9.17, 15) is 4.79 Å². The maximum atomic E-state index is 12.2. The summed E-state index contributed by atoms with van der Waals surface area (Å²) in [6.07, 6.45) is 3.13. The molecule has 3 nitrogen and oxygen atoms in total. The Morgan fingerprint density at radius 3 is 2.73 bits per heavy atom. The van der Waals surface area contributed by atoms with E-state index in [1.54, 1.807) is 42.5 Å². The van der Waals surface area contributed by atoms with Crippen molar-refractivity contribution in [3.63, 3.8) is 0 Å². The molecule has 0 bridgehead atoms. The Hall–Kier alpha value is -2.49. The smallest absolute Gasteiger partial charge is 0.185 e. The van der Waals surface area contributed by atoms with E-state index in [1.807, 2.05) is 25.1 Å². The van der Waals surface area contributed by atoms with E-state index in [1.165, 1.54) is 6.08 Å².